The smallest absolute Gasteiger partial charge is 0.174 e. The Hall–Kier alpha value is -0.790. The molecule has 0 aromatic rings. The maximum atomic E-state index is 13.4. The lowest BCUT2D eigenvalue weighted by Crippen LogP contribution is -2.62. The van der Waals surface area contributed by atoms with Gasteiger partial charge in [-0.25, -0.2) is 0 Å². The number of carbonyl (C=O) groups is 1. The van der Waals surface area contributed by atoms with E-state index in [0.29, 0.717) is 31.4 Å². The highest BCUT2D eigenvalue weighted by atomic mass is 16.5. The number of ether oxygens (including phenoxy) is 2. The number of carbonyl (C=O) groups excluding carboxylic acids is 1. The highest BCUT2D eigenvalue weighted by Crippen LogP contribution is 2.57. The van der Waals surface area contributed by atoms with Crippen LogP contribution in [0.1, 0.15) is 67.7 Å². The van der Waals surface area contributed by atoms with E-state index in [2.05, 4.69) is 4.74 Å². The molecule has 176 valence electrons. The average molecular weight is 429 g/mol. The Kier molecular flexibility index (Phi) is 9.28. The molecule has 6 heteroatoms. The first kappa shape index (κ1) is 27.2. The maximum absolute atomic E-state index is 13.4. The second-order valence-corrected chi connectivity index (χ2v) is 9.65. The molecule has 0 spiro atoms. The molecule has 2 aliphatic carbocycles. The molecule has 6 nitrogen and oxygen atoms in total. The Morgan fingerprint density at radius 2 is 1.63 bits per heavy atom. The van der Waals surface area contributed by atoms with Gasteiger partial charge in [-0.15, -0.1) is 0 Å². The number of fused-ring (bicyclic) bond motifs is 3. The summed E-state index contributed by atoms with van der Waals surface area (Å²) >= 11 is 0. The van der Waals surface area contributed by atoms with Gasteiger partial charge < -0.3 is 24.8 Å². The molecule has 2 unspecified atom stereocenters. The lowest BCUT2D eigenvalue weighted by molar-refractivity contribution is -0.165. The molecule has 0 aromatic heterocycles. The van der Waals surface area contributed by atoms with E-state index in [1.54, 1.807) is 21.1 Å². The normalized spacial score (nSPS) is 40.5. The lowest BCUT2D eigenvalue weighted by Gasteiger charge is -2.56. The number of allylic oxidation sites excluding steroid dienone is 1. The molecule has 1 saturated carbocycles. The van der Waals surface area contributed by atoms with E-state index in [1.165, 1.54) is 0 Å². The van der Waals surface area contributed by atoms with E-state index in [1.807, 2.05) is 41.5 Å². The zero-order chi connectivity index (χ0) is 23.5. The van der Waals surface area contributed by atoms with Gasteiger partial charge in [-0.05, 0) is 50.5 Å². The summed E-state index contributed by atoms with van der Waals surface area (Å²) < 4.78 is 9.83. The van der Waals surface area contributed by atoms with Crippen molar-refractivity contribution >= 4 is 5.78 Å². The quantitative estimate of drug-likeness (QED) is 0.513. The van der Waals surface area contributed by atoms with E-state index < -0.39 is 28.6 Å². The van der Waals surface area contributed by atoms with E-state index >= 15 is 0 Å². The molecule has 3 N–H and O–H groups in total. The van der Waals surface area contributed by atoms with Crippen molar-refractivity contribution in [3.8, 4) is 0 Å². The standard InChI is InChI=1S/C20H32O5.C2H6O.C2H6/c1-11-6-7-20(24)8-13-12(2)9-25-10-14(21)19(13,5)17(23)16(22)15(11)18(20,3)4;1-3-2;1-2/h12-14,16,21-22,24H,6-10H2,1-5H3;1-2H3;1-2H3/t12-,13?,14-,16?,19-,20+;;/m0../s1. The summed E-state index contributed by atoms with van der Waals surface area (Å²) in [7, 11) is 3.25. The number of hydrogen-bond donors (Lipinski definition) is 3. The molecule has 0 amide bonds. The number of rotatable bonds is 0. The monoisotopic (exact) mass is 428 g/mol. The van der Waals surface area contributed by atoms with Crippen LogP contribution in [-0.4, -0.2) is 66.3 Å². The fraction of sp³-hybridized carbons (Fsp3) is 0.875. The number of hydrogen-bond acceptors (Lipinski definition) is 6. The Balaban J connectivity index is 0.000000826. The number of aliphatic hydroxyl groups is 3. The topological polar surface area (TPSA) is 96.2 Å². The number of ketones is 1. The van der Waals surface area contributed by atoms with Crippen LogP contribution in [0.3, 0.4) is 0 Å². The zero-order valence-corrected chi connectivity index (χ0v) is 20.4. The van der Waals surface area contributed by atoms with Crippen LogP contribution in [0.25, 0.3) is 0 Å². The van der Waals surface area contributed by atoms with Crippen LogP contribution in [0.5, 0.6) is 0 Å². The molecule has 30 heavy (non-hydrogen) atoms. The number of methoxy groups -OCH3 is 1. The molecule has 3 aliphatic rings. The second-order valence-electron chi connectivity index (χ2n) is 9.65. The summed E-state index contributed by atoms with van der Waals surface area (Å²) in [5, 5.41) is 33.4. The SMILES string of the molecule is CC.CC1=C2C(O)C(=O)[C@@]3(C)C(C[C@](O)(CC1)C2(C)C)[C@@H](C)COC[C@@H]3O.COC. The third-order valence-corrected chi connectivity index (χ3v) is 7.63. The number of Topliss-reactive ketones (excluding diaryl/α,β-unsaturated/α-hetero) is 1. The van der Waals surface area contributed by atoms with Crippen molar-refractivity contribution in [2.75, 3.05) is 27.4 Å². The van der Waals surface area contributed by atoms with Crippen LogP contribution < -0.4 is 0 Å². The van der Waals surface area contributed by atoms with E-state index in [-0.39, 0.29) is 24.2 Å². The van der Waals surface area contributed by atoms with Crippen LogP contribution in [0.15, 0.2) is 11.1 Å². The minimum absolute atomic E-state index is 0.00618. The van der Waals surface area contributed by atoms with Gasteiger partial charge in [-0.1, -0.05) is 40.2 Å². The predicted octanol–water partition coefficient (Wildman–Crippen LogP) is 3.13. The van der Waals surface area contributed by atoms with Gasteiger partial charge in [0.25, 0.3) is 0 Å². The van der Waals surface area contributed by atoms with Crippen LogP contribution in [-0.2, 0) is 14.3 Å². The fourth-order valence-corrected chi connectivity index (χ4v) is 5.60. The van der Waals surface area contributed by atoms with Crippen LogP contribution in [0, 0.1) is 22.7 Å². The molecule has 1 heterocycles. The summed E-state index contributed by atoms with van der Waals surface area (Å²) in [5.41, 5.74) is -1.24. The van der Waals surface area contributed by atoms with E-state index in [0.717, 1.165) is 5.57 Å². The molecular formula is C24H44O6. The Bertz CT molecular complexity index is 627. The molecule has 0 radical (unpaired) electrons. The molecule has 6 atom stereocenters. The van der Waals surface area contributed by atoms with Gasteiger partial charge in [0.2, 0.25) is 0 Å². The van der Waals surface area contributed by atoms with Crippen LogP contribution in [0.2, 0.25) is 0 Å². The zero-order valence-electron chi connectivity index (χ0n) is 20.4. The van der Waals surface area contributed by atoms with Crippen molar-refractivity contribution in [3.63, 3.8) is 0 Å². The Labute approximate surface area is 182 Å². The van der Waals surface area contributed by atoms with Crippen molar-refractivity contribution < 1.29 is 29.6 Å². The van der Waals surface area contributed by atoms with Crippen molar-refractivity contribution in [1.82, 2.24) is 0 Å². The molecule has 1 saturated heterocycles. The Morgan fingerprint density at radius 1 is 1.10 bits per heavy atom. The van der Waals surface area contributed by atoms with E-state index in [9.17, 15) is 20.1 Å². The molecule has 2 bridgehead atoms. The highest BCUT2D eigenvalue weighted by molar-refractivity contribution is 5.92. The van der Waals surface area contributed by atoms with Crippen molar-refractivity contribution in [3.05, 3.63) is 11.1 Å². The molecule has 2 fully saturated rings. The summed E-state index contributed by atoms with van der Waals surface area (Å²) in [6.45, 7) is 14.1. The molecule has 0 aromatic carbocycles. The summed E-state index contributed by atoms with van der Waals surface area (Å²) in [4.78, 5) is 13.4. The van der Waals surface area contributed by atoms with Gasteiger partial charge in [0, 0.05) is 26.2 Å². The maximum Gasteiger partial charge on any atom is 0.174 e. The van der Waals surface area contributed by atoms with E-state index in [4.69, 9.17) is 4.74 Å². The summed E-state index contributed by atoms with van der Waals surface area (Å²) in [6.07, 6.45) is -0.582. The van der Waals surface area contributed by atoms with Gasteiger partial charge in [0.1, 0.15) is 6.10 Å². The Morgan fingerprint density at radius 3 is 2.17 bits per heavy atom. The largest absolute Gasteiger partial charge is 0.390 e. The van der Waals surface area contributed by atoms with Crippen molar-refractivity contribution in [1.29, 1.82) is 0 Å². The summed E-state index contributed by atoms with van der Waals surface area (Å²) in [6, 6.07) is 0. The molecule has 3 rings (SSSR count). The fourth-order valence-electron chi connectivity index (χ4n) is 5.60. The first-order valence-electron chi connectivity index (χ1n) is 11.2. The molecular weight excluding hydrogens is 384 g/mol. The highest BCUT2D eigenvalue weighted by Gasteiger charge is 2.62. The van der Waals surface area contributed by atoms with Crippen LogP contribution >= 0.6 is 0 Å². The first-order valence-corrected chi connectivity index (χ1v) is 11.2. The first-order chi connectivity index (χ1) is 13.9. The minimum atomic E-state index is -1.30. The number of aliphatic hydroxyl groups excluding tert-OH is 2. The third kappa shape index (κ3) is 4.40. The predicted molar refractivity (Wildman–Crippen MR) is 118 cm³/mol. The van der Waals surface area contributed by atoms with Gasteiger partial charge in [-0.3, -0.25) is 4.79 Å². The van der Waals surface area contributed by atoms with Crippen molar-refractivity contribution in [2.24, 2.45) is 22.7 Å². The lowest BCUT2D eigenvalue weighted by atomic mass is 9.50. The third-order valence-electron chi connectivity index (χ3n) is 7.63. The van der Waals surface area contributed by atoms with Gasteiger partial charge >= 0.3 is 0 Å². The minimum Gasteiger partial charge on any atom is -0.390 e. The average Bonchev–Trinajstić information content (AvgIpc) is 2.78. The van der Waals surface area contributed by atoms with Gasteiger partial charge in [-0.2, -0.15) is 0 Å². The second kappa shape index (κ2) is 10.2. The summed E-state index contributed by atoms with van der Waals surface area (Å²) in [5.74, 6) is -0.586. The molecule has 1 aliphatic heterocycles. The van der Waals surface area contributed by atoms with Crippen molar-refractivity contribution in [2.45, 2.75) is 85.5 Å². The van der Waals surface area contributed by atoms with Gasteiger partial charge in [0.05, 0.1) is 23.7 Å². The van der Waals surface area contributed by atoms with Gasteiger partial charge in [0.15, 0.2) is 5.78 Å². The van der Waals surface area contributed by atoms with Crippen LogP contribution in [0.4, 0.5) is 0 Å².